The van der Waals surface area contributed by atoms with Gasteiger partial charge in [-0.3, -0.25) is 0 Å². The van der Waals surface area contributed by atoms with E-state index in [-0.39, 0.29) is 101 Å². The van der Waals surface area contributed by atoms with Crippen molar-refractivity contribution in [2.45, 2.75) is 0 Å². The molecule has 0 radical (unpaired) electrons. The summed E-state index contributed by atoms with van der Waals surface area (Å²) in [4.78, 5) is 116. The molecule has 0 fully saturated rings. The van der Waals surface area contributed by atoms with Gasteiger partial charge in [-0.2, -0.15) is 0 Å². The summed E-state index contributed by atoms with van der Waals surface area (Å²) in [7, 11) is -14.2. The minimum absolute atomic E-state index is 0.0814. The first-order valence-electron chi connectivity index (χ1n) is 24.9. The van der Waals surface area contributed by atoms with Gasteiger partial charge < -0.3 is 78.2 Å². The molecule has 90 heavy (non-hydrogen) atoms. The summed E-state index contributed by atoms with van der Waals surface area (Å²) in [5.74, 6) is -13.9. The topological polar surface area (TPSA) is 465 Å². The SMILES string of the molecule is O=C(O)c1cc(C(=O)O)cc(-c2cc(C(=O)O)cc(C(=O)O)c2)c1.O=C(O)c1ccc(OP2(Oc3ccc(C(=O)O)cc3)=NP(Oc3ccc(C(=O)O)cc3)(Oc3ccc(C(=O)O)cc3)=NP(Oc3ccc(C(=O)O)cc3)(Oc3ccc(C(=O)O)cc3)=N2)cc1. The van der Waals surface area contributed by atoms with Crippen molar-refractivity contribution in [2.24, 2.45) is 13.5 Å². The zero-order valence-corrected chi connectivity index (χ0v) is 47.7. The summed E-state index contributed by atoms with van der Waals surface area (Å²) in [6.45, 7) is 0. The van der Waals surface area contributed by atoms with E-state index in [4.69, 9.17) is 61.1 Å². The zero-order chi connectivity index (χ0) is 65.2. The first-order valence-corrected chi connectivity index (χ1v) is 29.5. The number of hydrogen-bond acceptors (Lipinski definition) is 19. The minimum Gasteiger partial charge on any atom is -0.478 e. The molecule has 458 valence electrons. The lowest BCUT2D eigenvalue weighted by molar-refractivity contribution is 0.0676. The molecule has 0 aliphatic carbocycles. The summed E-state index contributed by atoms with van der Waals surface area (Å²) < 4.78 is 53.8. The molecular formula is C58H40N3O26P3. The van der Waals surface area contributed by atoms with E-state index in [1.54, 1.807) is 0 Å². The fraction of sp³-hybridized carbons (Fsp3) is 0. The van der Waals surface area contributed by atoms with E-state index in [2.05, 4.69) is 0 Å². The van der Waals surface area contributed by atoms with Crippen LogP contribution in [0.3, 0.4) is 0 Å². The Hall–Kier alpha value is -12.1. The first kappa shape index (κ1) is 64.0. The average molecular weight is 1290 g/mol. The largest absolute Gasteiger partial charge is 0.478 e. The third-order valence-electron chi connectivity index (χ3n) is 11.8. The highest BCUT2D eigenvalue weighted by atomic mass is 31.3. The lowest BCUT2D eigenvalue weighted by Gasteiger charge is -2.33. The van der Waals surface area contributed by atoms with Crippen LogP contribution in [0.15, 0.2) is 196 Å². The van der Waals surface area contributed by atoms with Gasteiger partial charge in [0, 0.05) is 0 Å². The fourth-order valence-electron chi connectivity index (χ4n) is 7.61. The molecule has 0 aromatic heterocycles. The van der Waals surface area contributed by atoms with Crippen molar-refractivity contribution in [3.63, 3.8) is 0 Å². The summed E-state index contributed by atoms with van der Waals surface area (Å²) in [5, 5.41) is 94.2. The third kappa shape index (κ3) is 15.9. The Labute approximate surface area is 503 Å². The second-order valence-corrected chi connectivity index (χ2v) is 24.3. The third-order valence-corrected chi connectivity index (χ3v) is 19.9. The molecule has 0 saturated carbocycles. The molecule has 0 saturated heterocycles. The maximum atomic E-state index is 11.8. The Morgan fingerprint density at radius 3 is 0.467 bits per heavy atom. The van der Waals surface area contributed by atoms with Crippen molar-refractivity contribution in [1.29, 1.82) is 0 Å². The van der Waals surface area contributed by atoms with Crippen LogP contribution in [0.25, 0.3) is 11.1 Å². The standard InChI is InChI=1S/C42H30N3O18P3.C16H10O8/c46-37(47)25-1-13-31(14-2-25)58-64(59-32-15-3-26(4-16-32)38(48)49)43-65(60-33-17-5-27(6-18-33)39(50)51,61-34-19-7-28(8-20-34)40(52)53)45-66(44-64,62-35-21-9-29(10-22-35)41(54)55)63-36-23-11-30(12-24-36)42(56)57;17-13(18)9-1-7(2-10(5-9)14(19)20)8-3-11(15(21)22)6-12(4-8)16(23)24/h1-24H,(H,46,47)(H,48,49)(H,50,51)(H,52,53)(H,54,55)(H,56,57);1-6H,(H,17,18)(H,19,20)(H,21,22)(H,23,24). The van der Waals surface area contributed by atoms with E-state index in [9.17, 15) is 78.6 Å². The Kier molecular flexibility index (Phi) is 19.0. The van der Waals surface area contributed by atoms with Gasteiger partial charge in [-0.1, -0.05) is 13.5 Å². The number of carboxylic acids is 10. The monoisotopic (exact) mass is 1290 g/mol. The summed E-state index contributed by atoms with van der Waals surface area (Å²) in [6, 6.07) is 35.7. The Balaban J connectivity index is 0.000000364. The van der Waals surface area contributed by atoms with E-state index >= 15 is 0 Å². The van der Waals surface area contributed by atoms with Gasteiger partial charge in [-0.25, -0.2) is 47.9 Å². The van der Waals surface area contributed by atoms with Crippen LogP contribution in [-0.4, -0.2) is 111 Å². The van der Waals surface area contributed by atoms with Gasteiger partial charge in [0.1, 0.15) is 34.5 Å². The lowest BCUT2D eigenvalue weighted by atomic mass is 9.96. The molecular weight excluding hydrogens is 1250 g/mol. The van der Waals surface area contributed by atoms with Crippen molar-refractivity contribution in [3.05, 3.63) is 238 Å². The van der Waals surface area contributed by atoms with Gasteiger partial charge in [0.25, 0.3) is 0 Å². The molecule has 8 aromatic rings. The molecule has 29 nitrogen and oxygen atoms in total. The highest BCUT2D eigenvalue weighted by Crippen LogP contribution is 2.78. The number of nitrogens with zero attached hydrogens (tertiary/aromatic N) is 3. The maximum Gasteiger partial charge on any atom is 0.460 e. The van der Waals surface area contributed by atoms with Gasteiger partial charge in [-0.15, -0.1) is 0 Å². The van der Waals surface area contributed by atoms with E-state index in [1.807, 2.05) is 0 Å². The van der Waals surface area contributed by atoms with Crippen LogP contribution in [0.1, 0.15) is 104 Å². The number of carbonyl (C=O) groups is 10. The van der Waals surface area contributed by atoms with Crippen LogP contribution < -0.4 is 27.1 Å². The lowest BCUT2D eigenvalue weighted by Crippen LogP contribution is -2.11. The van der Waals surface area contributed by atoms with Crippen LogP contribution in [0.4, 0.5) is 0 Å². The molecule has 10 N–H and O–H groups in total. The molecule has 9 rings (SSSR count). The van der Waals surface area contributed by atoms with E-state index in [0.29, 0.717) is 0 Å². The van der Waals surface area contributed by atoms with Crippen LogP contribution in [-0.2, 0) is 0 Å². The zero-order valence-electron chi connectivity index (χ0n) is 45.0. The molecule has 0 amide bonds. The molecule has 0 atom stereocenters. The number of aromatic carboxylic acids is 10. The Morgan fingerprint density at radius 2 is 0.344 bits per heavy atom. The van der Waals surface area contributed by atoms with Crippen molar-refractivity contribution >= 4 is 82.7 Å². The van der Waals surface area contributed by atoms with Gasteiger partial charge in [0.15, 0.2) is 0 Å². The number of benzene rings is 8. The summed E-state index contributed by atoms with van der Waals surface area (Å²) in [5.41, 5.74) is -2.03. The maximum absolute atomic E-state index is 11.8. The predicted octanol–water partition coefficient (Wildman–Crippen LogP) is 12.6. The van der Waals surface area contributed by atoms with Crippen LogP contribution >= 0.6 is 23.0 Å². The normalized spacial score (nSPS) is 13.0. The van der Waals surface area contributed by atoms with Gasteiger partial charge in [-0.05, 0) is 193 Å². The molecule has 1 heterocycles. The fourth-order valence-corrected chi connectivity index (χ4v) is 16.7. The first-order chi connectivity index (χ1) is 42.6. The second-order valence-electron chi connectivity index (χ2n) is 18.1. The average Bonchev–Trinajstić information content (AvgIpc) is 0.738. The van der Waals surface area contributed by atoms with E-state index in [1.165, 1.54) is 146 Å². The summed E-state index contributed by atoms with van der Waals surface area (Å²) >= 11 is 0. The van der Waals surface area contributed by atoms with Crippen molar-refractivity contribution < 1.29 is 126 Å². The second kappa shape index (κ2) is 26.7. The van der Waals surface area contributed by atoms with E-state index < -0.39 is 82.7 Å². The van der Waals surface area contributed by atoms with Gasteiger partial charge in [0.2, 0.25) is 0 Å². The predicted molar refractivity (Wildman–Crippen MR) is 312 cm³/mol. The molecule has 0 unspecified atom stereocenters. The highest BCUT2D eigenvalue weighted by Gasteiger charge is 2.49. The molecule has 0 spiro atoms. The van der Waals surface area contributed by atoms with Gasteiger partial charge in [0.05, 0.1) is 55.6 Å². The highest BCUT2D eigenvalue weighted by molar-refractivity contribution is 7.79. The molecule has 1 aliphatic rings. The quantitative estimate of drug-likeness (QED) is 0.0266. The van der Waals surface area contributed by atoms with Crippen molar-refractivity contribution in [1.82, 2.24) is 0 Å². The number of rotatable bonds is 23. The van der Waals surface area contributed by atoms with Gasteiger partial charge >= 0.3 is 82.7 Å². The molecule has 8 aromatic carbocycles. The van der Waals surface area contributed by atoms with Crippen LogP contribution in [0.2, 0.25) is 0 Å². The molecule has 1 aliphatic heterocycles. The van der Waals surface area contributed by atoms with E-state index in [0.717, 1.165) is 36.4 Å². The minimum atomic E-state index is -4.72. The van der Waals surface area contributed by atoms with Crippen molar-refractivity contribution in [2.75, 3.05) is 0 Å². The molecule has 32 heteroatoms. The Bertz CT molecular complexity index is 3730. The number of hydrogen-bond donors (Lipinski definition) is 10. The molecule has 0 bridgehead atoms. The van der Waals surface area contributed by atoms with Crippen LogP contribution in [0.5, 0.6) is 34.5 Å². The van der Waals surface area contributed by atoms with Crippen LogP contribution in [0, 0.1) is 0 Å². The van der Waals surface area contributed by atoms with Crippen molar-refractivity contribution in [3.8, 4) is 45.6 Å². The Morgan fingerprint density at radius 1 is 0.211 bits per heavy atom. The number of carboxylic acid groups (broad SMARTS) is 10. The summed E-state index contributed by atoms with van der Waals surface area (Å²) in [6.07, 6.45) is 0. The smallest absolute Gasteiger partial charge is 0.460 e.